The number of aromatic amines is 1. The van der Waals surface area contributed by atoms with Crippen LogP contribution in [0.15, 0.2) is 36.4 Å². The molecule has 106 valence electrons. The van der Waals surface area contributed by atoms with Gasteiger partial charge in [0.15, 0.2) is 29.1 Å². The third-order valence-corrected chi connectivity index (χ3v) is 3.36. The van der Waals surface area contributed by atoms with Crippen LogP contribution in [0.5, 0.6) is 17.4 Å². The molecule has 0 saturated heterocycles. The Morgan fingerprint density at radius 2 is 2.00 bits per heavy atom. The van der Waals surface area contributed by atoms with Gasteiger partial charge in [-0.05, 0) is 18.2 Å². The Kier molecular flexibility index (Phi) is 2.67. The molecule has 6 heteroatoms. The summed E-state index contributed by atoms with van der Waals surface area (Å²) in [5, 5.41) is 0. The monoisotopic (exact) mass is 283 g/mol. The van der Waals surface area contributed by atoms with Crippen molar-refractivity contribution in [2.45, 2.75) is 6.10 Å². The van der Waals surface area contributed by atoms with Crippen molar-refractivity contribution in [2.75, 3.05) is 13.7 Å². The SMILES string of the molecule is COc1ccc2[nH]c(C3COc4ccccc4O3)nc2n1. The van der Waals surface area contributed by atoms with Gasteiger partial charge in [0.2, 0.25) is 5.88 Å². The summed E-state index contributed by atoms with van der Waals surface area (Å²) in [6.45, 7) is 0.411. The molecule has 21 heavy (non-hydrogen) atoms. The lowest BCUT2D eigenvalue weighted by Gasteiger charge is -2.24. The van der Waals surface area contributed by atoms with Gasteiger partial charge in [0.05, 0.1) is 12.6 Å². The van der Waals surface area contributed by atoms with Crippen molar-refractivity contribution < 1.29 is 14.2 Å². The number of imidazole rings is 1. The van der Waals surface area contributed by atoms with Crippen LogP contribution in [0.25, 0.3) is 11.2 Å². The van der Waals surface area contributed by atoms with Crippen LogP contribution in [-0.2, 0) is 0 Å². The molecule has 1 N–H and O–H groups in total. The first-order valence-corrected chi connectivity index (χ1v) is 6.62. The molecule has 6 nitrogen and oxygen atoms in total. The topological polar surface area (TPSA) is 69.3 Å². The Bertz CT molecular complexity index is 800. The van der Waals surface area contributed by atoms with Gasteiger partial charge in [-0.25, -0.2) is 4.98 Å². The molecule has 1 unspecified atom stereocenters. The first-order valence-electron chi connectivity index (χ1n) is 6.62. The van der Waals surface area contributed by atoms with Crippen molar-refractivity contribution in [3.63, 3.8) is 0 Å². The van der Waals surface area contributed by atoms with Crippen molar-refractivity contribution in [3.05, 3.63) is 42.2 Å². The highest BCUT2D eigenvalue weighted by molar-refractivity contribution is 5.71. The predicted octanol–water partition coefficient (Wildman–Crippen LogP) is 2.48. The largest absolute Gasteiger partial charge is 0.485 e. The summed E-state index contributed by atoms with van der Waals surface area (Å²) in [4.78, 5) is 12.0. The smallest absolute Gasteiger partial charge is 0.215 e. The molecule has 1 aliphatic heterocycles. The number of hydrogen-bond donors (Lipinski definition) is 1. The summed E-state index contributed by atoms with van der Waals surface area (Å²) in [5.74, 6) is 2.70. The molecule has 0 bridgehead atoms. The number of H-pyrrole nitrogens is 1. The van der Waals surface area contributed by atoms with Crippen molar-refractivity contribution in [3.8, 4) is 17.4 Å². The molecule has 0 amide bonds. The first-order chi connectivity index (χ1) is 10.3. The lowest BCUT2D eigenvalue weighted by Crippen LogP contribution is -2.22. The minimum atomic E-state index is -0.278. The number of aromatic nitrogens is 3. The lowest BCUT2D eigenvalue weighted by atomic mass is 10.2. The van der Waals surface area contributed by atoms with Crippen LogP contribution in [-0.4, -0.2) is 28.7 Å². The molecule has 1 atom stereocenters. The second kappa shape index (κ2) is 4.66. The number of hydrogen-bond acceptors (Lipinski definition) is 5. The van der Waals surface area contributed by atoms with E-state index in [1.165, 1.54) is 0 Å². The van der Waals surface area contributed by atoms with Gasteiger partial charge < -0.3 is 19.2 Å². The zero-order valence-electron chi connectivity index (χ0n) is 11.4. The van der Waals surface area contributed by atoms with Crippen molar-refractivity contribution in [2.24, 2.45) is 0 Å². The van der Waals surface area contributed by atoms with E-state index in [2.05, 4.69) is 15.0 Å². The number of nitrogens with one attached hydrogen (secondary N) is 1. The Hall–Kier alpha value is -2.76. The van der Waals surface area contributed by atoms with Crippen molar-refractivity contribution in [1.82, 2.24) is 15.0 Å². The standard InChI is InChI=1S/C15H13N3O3/c1-19-13-7-6-9-14(17-13)18-15(16-9)12-8-20-10-4-2-3-5-11(10)21-12/h2-7,12H,8H2,1H3,(H,16,17,18). The van der Waals surface area contributed by atoms with E-state index in [4.69, 9.17) is 14.2 Å². The summed E-state index contributed by atoms with van der Waals surface area (Å²) in [7, 11) is 1.58. The maximum Gasteiger partial charge on any atom is 0.215 e. The van der Waals surface area contributed by atoms with E-state index >= 15 is 0 Å². The third-order valence-electron chi connectivity index (χ3n) is 3.36. The summed E-state index contributed by atoms with van der Waals surface area (Å²) in [5.41, 5.74) is 1.44. The van der Waals surface area contributed by atoms with Crippen LogP contribution < -0.4 is 14.2 Å². The number of ether oxygens (including phenoxy) is 3. The van der Waals surface area contributed by atoms with Gasteiger partial charge in [-0.2, -0.15) is 4.98 Å². The average molecular weight is 283 g/mol. The fraction of sp³-hybridized carbons (Fsp3) is 0.200. The first kappa shape index (κ1) is 12.0. The van der Waals surface area contributed by atoms with Gasteiger partial charge in [-0.1, -0.05) is 12.1 Å². The van der Waals surface area contributed by atoms with Gasteiger partial charge >= 0.3 is 0 Å². The van der Waals surface area contributed by atoms with Crippen LogP contribution in [0.4, 0.5) is 0 Å². The highest BCUT2D eigenvalue weighted by atomic mass is 16.6. The Labute approximate surface area is 120 Å². The highest BCUT2D eigenvalue weighted by Crippen LogP contribution is 2.35. The predicted molar refractivity (Wildman–Crippen MR) is 75.7 cm³/mol. The van der Waals surface area contributed by atoms with E-state index in [9.17, 15) is 0 Å². The fourth-order valence-electron chi connectivity index (χ4n) is 2.31. The molecule has 0 fully saturated rings. The van der Waals surface area contributed by atoms with Gasteiger partial charge in [0, 0.05) is 6.07 Å². The number of methoxy groups -OCH3 is 1. The summed E-state index contributed by atoms with van der Waals surface area (Å²) in [6, 6.07) is 11.3. The van der Waals surface area contributed by atoms with E-state index in [0.29, 0.717) is 24.0 Å². The van der Waals surface area contributed by atoms with E-state index in [1.54, 1.807) is 13.2 Å². The van der Waals surface area contributed by atoms with Crippen LogP contribution in [0.1, 0.15) is 11.9 Å². The van der Waals surface area contributed by atoms with Gasteiger partial charge in [-0.15, -0.1) is 0 Å². The molecule has 0 aliphatic carbocycles. The van der Waals surface area contributed by atoms with Crippen LogP contribution in [0.3, 0.4) is 0 Å². The summed E-state index contributed by atoms with van der Waals surface area (Å²) >= 11 is 0. The molecular formula is C15H13N3O3. The quantitative estimate of drug-likeness (QED) is 0.782. The minimum absolute atomic E-state index is 0.278. The molecule has 2 aromatic heterocycles. The van der Waals surface area contributed by atoms with Crippen LogP contribution in [0, 0.1) is 0 Å². The second-order valence-electron chi connectivity index (χ2n) is 4.71. The molecule has 3 heterocycles. The Morgan fingerprint density at radius 3 is 2.86 bits per heavy atom. The molecular weight excluding hydrogens is 270 g/mol. The molecule has 3 aromatic rings. The second-order valence-corrected chi connectivity index (χ2v) is 4.71. The summed E-state index contributed by atoms with van der Waals surface area (Å²) in [6.07, 6.45) is -0.278. The number of fused-ring (bicyclic) bond motifs is 2. The average Bonchev–Trinajstić information content (AvgIpc) is 2.97. The van der Waals surface area contributed by atoms with Crippen molar-refractivity contribution in [1.29, 1.82) is 0 Å². The van der Waals surface area contributed by atoms with Crippen LogP contribution in [0.2, 0.25) is 0 Å². The lowest BCUT2D eigenvalue weighted by molar-refractivity contribution is 0.0859. The van der Waals surface area contributed by atoms with Gasteiger partial charge in [0.25, 0.3) is 0 Å². The van der Waals surface area contributed by atoms with Crippen molar-refractivity contribution >= 4 is 11.2 Å². The molecule has 0 spiro atoms. The zero-order chi connectivity index (χ0) is 14.2. The summed E-state index contributed by atoms with van der Waals surface area (Å²) < 4.78 is 16.7. The Morgan fingerprint density at radius 1 is 1.14 bits per heavy atom. The zero-order valence-corrected chi connectivity index (χ0v) is 11.4. The van der Waals surface area contributed by atoms with E-state index < -0.39 is 0 Å². The number of nitrogens with zero attached hydrogens (tertiary/aromatic N) is 2. The maximum absolute atomic E-state index is 5.93. The van der Waals surface area contributed by atoms with Gasteiger partial charge in [-0.3, -0.25) is 0 Å². The molecule has 1 aromatic carbocycles. The van der Waals surface area contributed by atoms with E-state index in [1.807, 2.05) is 30.3 Å². The van der Waals surface area contributed by atoms with Gasteiger partial charge in [0.1, 0.15) is 6.61 Å². The minimum Gasteiger partial charge on any atom is -0.485 e. The molecule has 0 saturated carbocycles. The number of pyridine rings is 1. The normalized spacial score (nSPS) is 16.9. The number of rotatable bonds is 2. The molecule has 4 rings (SSSR count). The Balaban J connectivity index is 1.68. The maximum atomic E-state index is 5.93. The number of para-hydroxylation sites is 2. The fourth-order valence-corrected chi connectivity index (χ4v) is 2.31. The third kappa shape index (κ3) is 2.05. The van der Waals surface area contributed by atoms with Crippen LogP contribution >= 0.6 is 0 Å². The van der Waals surface area contributed by atoms with E-state index in [-0.39, 0.29) is 6.10 Å². The highest BCUT2D eigenvalue weighted by Gasteiger charge is 2.25. The molecule has 1 aliphatic rings. The number of benzene rings is 1. The molecule has 0 radical (unpaired) electrons. The van der Waals surface area contributed by atoms with E-state index in [0.717, 1.165) is 17.0 Å².